The van der Waals surface area contributed by atoms with Crippen molar-refractivity contribution in [1.82, 2.24) is 5.32 Å². The van der Waals surface area contributed by atoms with Crippen LogP contribution in [0.2, 0.25) is 0 Å². The van der Waals surface area contributed by atoms with Gasteiger partial charge in [-0.2, -0.15) is 0 Å². The predicted molar refractivity (Wildman–Crippen MR) is 79.7 cm³/mol. The summed E-state index contributed by atoms with van der Waals surface area (Å²) in [4.78, 5) is 0. The second kappa shape index (κ2) is 8.94. The van der Waals surface area contributed by atoms with Crippen molar-refractivity contribution in [2.75, 3.05) is 19.8 Å². The molecule has 1 N–H and O–H groups in total. The SMILES string of the molecule is CCCOc1ccc(C(COC(C)C)NCC)cc1. The van der Waals surface area contributed by atoms with Crippen molar-refractivity contribution in [3.63, 3.8) is 0 Å². The Kier molecular flexibility index (Phi) is 7.53. The lowest BCUT2D eigenvalue weighted by atomic mass is 10.1. The molecule has 0 heterocycles. The molecule has 0 spiro atoms. The summed E-state index contributed by atoms with van der Waals surface area (Å²) >= 11 is 0. The Morgan fingerprint density at radius 1 is 1.11 bits per heavy atom. The Morgan fingerprint density at radius 3 is 2.32 bits per heavy atom. The highest BCUT2D eigenvalue weighted by Crippen LogP contribution is 2.19. The normalized spacial score (nSPS) is 12.7. The van der Waals surface area contributed by atoms with Crippen molar-refractivity contribution < 1.29 is 9.47 Å². The topological polar surface area (TPSA) is 30.5 Å². The van der Waals surface area contributed by atoms with E-state index in [1.54, 1.807) is 0 Å². The Balaban J connectivity index is 2.62. The van der Waals surface area contributed by atoms with E-state index in [-0.39, 0.29) is 12.1 Å². The summed E-state index contributed by atoms with van der Waals surface area (Å²) in [6, 6.07) is 8.53. The monoisotopic (exact) mass is 265 g/mol. The van der Waals surface area contributed by atoms with Crippen LogP contribution in [-0.4, -0.2) is 25.9 Å². The maximum absolute atomic E-state index is 5.71. The fourth-order valence-corrected chi connectivity index (χ4v) is 1.82. The largest absolute Gasteiger partial charge is 0.494 e. The molecular weight excluding hydrogens is 238 g/mol. The number of rotatable bonds is 9. The standard InChI is InChI=1S/C16H27NO2/c1-5-11-18-15-9-7-14(8-10-15)16(17-6-2)12-19-13(3)4/h7-10,13,16-17H,5-6,11-12H2,1-4H3. The Hall–Kier alpha value is -1.06. The minimum Gasteiger partial charge on any atom is -0.494 e. The fraction of sp³-hybridized carbons (Fsp3) is 0.625. The zero-order chi connectivity index (χ0) is 14.1. The number of hydrogen-bond acceptors (Lipinski definition) is 3. The van der Waals surface area contributed by atoms with E-state index in [0.717, 1.165) is 25.3 Å². The molecule has 108 valence electrons. The van der Waals surface area contributed by atoms with Crippen LogP contribution in [0.3, 0.4) is 0 Å². The Labute approximate surface area is 117 Å². The van der Waals surface area contributed by atoms with Crippen molar-refractivity contribution in [2.24, 2.45) is 0 Å². The van der Waals surface area contributed by atoms with Gasteiger partial charge in [0, 0.05) is 0 Å². The second-order valence-corrected chi connectivity index (χ2v) is 4.91. The van der Waals surface area contributed by atoms with Crippen LogP contribution in [0.1, 0.15) is 45.7 Å². The molecule has 0 bridgehead atoms. The highest BCUT2D eigenvalue weighted by molar-refractivity contribution is 5.29. The lowest BCUT2D eigenvalue weighted by Gasteiger charge is -2.20. The summed E-state index contributed by atoms with van der Waals surface area (Å²) in [5, 5.41) is 3.45. The molecule has 1 unspecified atom stereocenters. The third kappa shape index (κ3) is 6.08. The molecule has 1 atom stereocenters. The lowest BCUT2D eigenvalue weighted by molar-refractivity contribution is 0.0614. The van der Waals surface area contributed by atoms with Gasteiger partial charge in [0.05, 0.1) is 25.4 Å². The summed E-state index contributed by atoms with van der Waals surface area (Å²) in [5.74, 6) is 0.936. The molecule has 0 amide bonds. The smallest absolute Gasteiger partial charge is 0.119 e. The summed E-state index contributed by atoms with van der Waals surface area (Å²) in [7, 11) is 0. The molecule has 3 heteroatoms. The first-order valence-electron chi connectivity index (χ1n) is 7.25. The molecule has 1 rings (SSSR count). The predicted octanol–water partition coefficient (Wildman–Crippen LogP) is 3.55. The number of benzene rings is 1. The Morgan fingerprint density at radius 2 is 1.79 bits per heavy atom. The van der Waals surface area contributed by atoms with Gasteiger partial charge in [0.1, 0.15) is 5.75 Å². The maximum Gasteiger partial charge on any atom is 0.119 e. The summed E-state index contributed by atoms with van der Waals surface area (Å²) in [6.07, 6.45) is 1.29. The molecule has 0 radical (unpaired) electrons. The third-order valence-electron chi connectivity index (χ3n) is 2.80. The molecular formula is C16H27NO2. The van der Waals surface area contributed by atoms with Crippen LogP contribution in [0.5, 0.6) is 5.75 Å². The molecule has 0 saturated heterocycles. The van der Waals surface area contributed by atoms with Crippen molar-refractivity contribution in [3.05, 3.63) is 29.8 Å². The molecule has 0 aliphatic heterocycles. The van der Waals surface area contributed by atoms with Gasteiger partial charge in [-0.15, -0.1) is 0 Å². The van der Waals surface area contributed by atoms with Crippen LogP contribution >= 0.6 is 0 Å². The van der Waals surface area contributed by atoms with Crippen LogP contribution in [0.25, 0.3) is 0 Å². The first-order chi connectivity index (χ1) is 9.17. The van der Waals surface area contributed by atoms with Gasteiger partial charge in [0.2, 0.25) is 0 Å². The highest BCUT2D eigenvalue weighted by Gasteiger charge is 2.11. The molecule has 0 aliphatic carbocycles. The minimum absolute atomic E-state index is 0.243. The summed E-state index contributed by atoms with van der Waals surface area (Å²) in [6.45, 7) is 10.7. The van der Waals surface area contributed by atoms with Gasteiger partial charge in [-0.3, -0.25) is 0 Å². The van der Waals surface area contributed by atoms with E-state index in [0.29, 0.717) is 6.61 Å². The average molecular weight is 265 g/mol. The minimum atomic E-state index is 0.243. The first-order valence-corrected chi connectivity index (χ1v) is 7.25. The van der Waals surface area contributed by atoms with Crippen molar-refractivity contribution in [3.8, 4) is 5.75 Å². The third-order valence-corrected chi connectivity index (χ3v) is 2.80. The van der Waals surface area contributed by atoms with Crippen LogP contribution in [-0.2, 0) is 4.74 Å². The molecule has 0 aromatic heterocycles. The average Bonchev–Trinajstić information content (AvgIpc) is 2.41. The highest BCUT2D eigenvalue weighted by atomic mass is 16.5. The first kappa shape index (κ1) is 16.0. The van der Waals surface area contributed by atoms with E-state index < -0.39 is 0 Å². The maximum atomic E-state index is 5.71. The second-order valence-electron chi connectivity index (χ2n) is 4.91. The van der Waals surface area contributed by atoms with Gasteiger partial charge in [-0.1, -0.05) is 26.0 Å². The molecule has 0 aliphatic rings. The van der Waals surface area contributed by atoms with Gasteiger partial charge in [0.15, 0.2) is 0 Å². The fourth-order valence-electron chi connectivity index (χ4n) is 1.82. The van der Waals surface area contributed by atoms with Gasteiger partial charge in [-0.05, 0) is 44.5 Å². The molecule has 1 aromatic carbocycles. The van der Waals surface area contributed by atoms with Crippen molar-refractivity contribution in [1.29, 1.82) is 0 Å². The van der Waals surface area contributed by atoms with E-state index >= 15 is 0 Å². The molecule has 19 heavy (non-hydrogen) atoms. The van der Waals surface area contributed by atoms with Gasteiger partial charge < -0.3 is 14.8 Å². The zero-order valence-electron chi connectivity index (χ0n) is 12.6. The van der Waals surface area contributed by atoms with Crippen LogP contribution in [0.4, 0.5) is 0 Å². The molecule has 0 fully saturated rings. The van der Waals surface area contributed by atoms with Crippen LogP contribution in [0.15, 0.2) is 24.3 Å². The van der Waals surface area contributed by atoms with E-state index in [2.05, 4.69) is 45.1 Å². The van der Waals surface area contributed by atoms with E-state index in [1.807, 2.05) is 12.1 Å². The summed E-state index contributed by atoms with van der Waals surface area (Å²) < 4.78 is 11.3. The summed E-state index contributed by atoms with van der Waals surface area (Å²) in [5.41, 5.74) is 1.24. The van der Waals surface area contributed by atoms with Crippen LogP contribution in [0, 0.1) is 0 Å². The van der Waals surface area contributed by atoms with Crippen molar-refractivity contribution >= 4 is 0 Å². The van der Waals surface area contributed by atoms with Crippen LogP contribution < -0.4 is 10.1 Å². The number of nitrogens with one attached hydrogen (secondary N) is 1. The molecule has 1 aromatic rings. The quantitative estimate of drug-likeness (QED) is 0.740. The van der Waals surface area contributed by atoms with Gasteiger partial charge >= 0.3 is 0 Å². The Bertz CT molecular complexity index is 335. The number of hydrogen-bond donors (Lipinski definition) is 1. The molecule has 3 nitrogen and oxygen atoms in total. The lowest BCUT2D eigenvalue weighted by Crippen LogP contribution is -2.26. The zero-order valence-corrected chi connectivity index (χ0v) is 12.6. The molecule has 0 saturated carbocycles. The van der Waals surface area contributed by atoms with Crippen molar-refractivity contribution in [2.45, 2.75) is 46.3 Å². The number of likely N-dealkylation sites (N-methyl/N-ethyl adjacent to an activating group) is 1. The van der Waals surface area contributed by atoms with Gasteiger partial charge in [0.25, 0.3) is 0 Å². The van der Waals surface area contributed by atoms with E-state index in [1.165, 1.54) is 5.56 Å². The van der Waals surface area contributed by atoms with Gasteiger partial charge in [-0.25, -0.2) is 0 Å². The number of ether oxygens (including phenoxy) is 2. The van der Waals surface area contributed by atoms with E-state index in [4.69, 9.17) is 9.47 Å². The van der Waals surface area contributed by atoms with E-state index in [9.17, 15) is 0 Å².